The van der Waals surface area contributed by atoms with Gasteiger partial charge in [0.1, 0.15) is 5.75 Å². The van der Waals surface area contributed by atoms with Crippen LogP contribution in [0.4, 0.5) is 0 Å². The summed E-state index contributed by atoms with van der Waals surface area (Å²) in [6, 6.07) is 4.79. The van der Waals surface area contributed by atoms with Crippen LogP contribution in [0.2, 0.25) is 0 Å². The average Bonchev–Trinajstić information content (AvgIpc) is 2.97. The summed E-state index contributed by atoms with van der Waals surface area (Å²) in [5.74, 6) is 0.528. The fourth-order valence-electron chi connectivity index (χ4n) is 3.43. The molecule has 8 heteroatoms. The molecule has 2 fully saturated rings. The van der Waals surface area contributed by atoms with Gasteiger partial charge in [0.2, 0.25) is 10.0 Å². The number of carbonyl (C=O) groups excluding carboxylic acids is 1. The number of likely N-dealkylation sites (tertiary alicyclic amines) is 1. The van der Waals surface area contributed by atoms with Gasteiger partial charge in [-0.2, -0.15) is 4.31 Å². The van der Waals surface area contributed by atoms with Crippen LogP contribution in [0, 0.1) is 6.92 Å². The predicted octanol–water partition coefficient (Wildman–Crippen LogP) is 1.80. The molecule has 1 amide bonds. The molecule has 0 atom stereocenters. The summed E-state index contributed by atoms with van der Waals surface area (Å²) in [5, 5.41) is 0. The Morgan fingerprint density at radius 2 is 1.74 bits per heavy atom. The van der Waals surface area contributed by atoms with Crippen LogP contribution in [0.1, 0.15) is 31.2 Å². The van der Waals surface area contributed by atoms with Crippen molar-refractivity contribution in [3.63, 3.8) is 0 Å². The van der Waals surface area contributed by atoms with Gasteiger partial charge < -0.3 is 14.4 Å². The summed E-state index contributed by atoms with van der Waals surface area (Å²) in [6.07, 6.45) is 4.42. The zero-order chi connectivity index (χ0) is 19.3. The maximum absolute atomic E-state index is 12.7. The highest BCUT2D eigenvalue weighted by atomic mass is 32.2. The molecule has 0 bridgehead atoms. The number of carbonyl (C=O) groups is 1. The molecule has 0 saturated carbocycles. The van der Waals surface area contributed by atoms with Gasteiger partial charge in [0.15, 0.2) is 6.61 Å². The number of hydrogen-bond donors (Lipinski definition) is 0. The van der Waals surface area contributed by atoms with Crippen molar-refractivity contribution >= 4 is 15.9 Å². The Bertz CT molecular complexity index is 751. The number of rotatable bonds is 5. The molecule has 150 valence electrons. The summed E-state index contributed by atoms with van der Waals surface area (Å²) in [5.41, 5.74) is 0.702. The molecule has 0 aliphatic carbocycles. The smallest absolute Gasteiger partial charge is 0.260 e. The highest BCUT2D eigenvalue weighted by Crippen LogP contribution is 2.24. The van der Waals surface area contributed by atoms with E-state index in [0.29, 0.717) is 37.6 Å². The lowest BCUT2D eigenvalue weighted by molar-refractivity contribution is -0.133. The molecular weight excluding hydrogens is 368 g/mol. The minimum absolute atomic E-state index is 0.0127. The van der Waals surface area contributed by atoms with E-state index in [-0.39, 0.29) is 17.4 Å². The summed E-state index contributed by atoms with van der Waals surface area (Å²) in [7, 11) is -3.53. The second-order valence-corrected chi connectivity index (χ2v) is 8.97. The van der Waals surface area contributed by atoms with Crippen LogP contribution in [0.3, 0.4) is 0 Å². The lowest BCUT2D eigenvalue weighted by atomic mass is 10.2. The quantitative estimate of drug-likeness (QED) is 0.759. The van der Waals surface area contributed by atoms with Gasteiger partial charge in [0, 0.05) is 26.2 Å². The summed E-state index contributed by atoms with van der Waals surface area (Å²) in [6.45, 7) is 4.92. The van der Waals surface area contributed by atoms with Crippen molar-refractivity contribution < 1.29 is 22.7 Å². The van der Waals surface area contributed by atoms with E-state index in [1.165, 1.54) is 17.1 Å². The second-order valence-electron chi connectivity index (χ2n) is 7.03. The zero-order valence-corrected chi connectivity index (χ0v) is 16.7. The molecular formula is C19H28N2O5S. The first kappa shape index (κ1) is 20.1. The Balaban J connectivity index is 1.63. The number of sulfonamides is 1. The lowest BCUT2D eigenvalue weighted by Crippen LogP contribution is -2.40. The van der Waals surface area contributed by atoms with Crippen molar-refractivity contribution in [2.45, 2.75) is 37.5 Å². The number of nitrogens with zero attached hydrogens (tertiary/aromatic N) is 2. The van der Waals surface area contributed by atoms with E-state index in [4.69, 9.17) is 9.47 Å². The van der Waals surface area contributed by atoms with Crippen LogP contribution in [-0.4, -0.2) is 69.5 Å². The number of hydrogen-bond acceptors (Lipinski definition) is 5. The van der Waals surface area contributed by atoms with E-state index < -0.39 is 10.0 Å². The molecule has 0 aromatic heterocycles. The van der Waals surface area contributed by atoms with Crippen molar-refractivity contribution in [2.75, 3.05) is 46.0 Å². The van der Waals surface area contributed by atoms with Crippen molar-refractivity contribution in [1.82, 2.24) is 9.21 Å². The largest absolute Gasteiger partial charge is 0.483 e. The standard InChI is InChI=1S/C19H28N2O5S/c1-16-14-17(27(23,24)21-10-12-25-13-11-21)6-7-18(16)26-15-19(22)20-8-4-2-3-5-9-20/h6-7,14H,2-5,8-13,15H2,1H3. The number of morpholine rings is 1. The van der Waals surface area contributed by atoms with Gasteiger partial charge in [-0.3, -0.25) is 4.79 Å². The fourth-order valence-corrected chi connectivity index (χ4v) is 4.92. The van der Waals surface area contributed by atoms with Gasteiger partial charge >= 0.3 is 0 Å². The van der Waals surface area contributed by atoms with Gasteiger partial charge in [0.25, 0.3) is 5.91 Å². The molecule has 2 saturated heterocycles. The Hall–Kier alpha value is -1.64. The maximum atomic E-state index is 12.7. The van der Waals surface area contributed by atoms with E-state index in [0.717, 1.165) is 25.9 Å². The van der Waals surface area contributed by atoms with E-state index in [9.17, 15) is 13.2 Å². The van der Waals surface area contributed by atoms with Crippen LogP contribution in [-0.2, 0) is 19.6 Å². The molecule has 0 spiro atoms. The Kier molecular flexibility index (Phi) is 6.73. The second kappa shape index (κ2) is 9.03. The first-order valence-corrected chi connectivity index (χ1v) is 11.0. The Morgan fingerprint density at radius 3 is 2.37 bits per heavy atom. The predicted molar refractivity (Wildman–Crippen MR) is 101 cm³/mol. The zero-order valence-electron chi connectivity index (χ0n) is 15.9. The third-order valence-electron chi connectivity index (χ3n) is 5.06. The first-order chi connectivity index (χ1) is 13.0. The molecule has 2 aliphatic heterocycles. The number of ether oxygens (including phenoxy) is 2. The molecule has 0 unspecified atom stereocenters. The molecule has 1 aromatic carbocycles. The number of benzene rings is 1. The van der Waals surface area contributed by atoms with Crippen LogP contribution in [0.25, 0.3) is 0 Å². The van der Waals surface area contributed by atoms with E-state index >= 15 is 0 Å². The van der Waals surface area contributed by atoms with Gasteiger partial charge in [-0.15, -0.1) is 0 Å². The van der Waals surface area contributed by atoms with Gasteiger partial charge in [-0.25, -0.2) is 8.42 Å². The van der Waals surface area contributed by atoms with Crippen molar-refractivity contribution in [2.24, 2.45) is 0 Å². The fraction of sp³-hybridized carbons (Fsp3) is 0.632. The lowest BCUT2D eigenvalue weighted by Gasteiger charge is -2.26. The molecule has 2 aliphatic rings. The summed E-state index contributed by atoms with van der Waals surface area (Å²) in [4.78, 5) is 14.5. The highest BCUT2D eigenvalue weighted by molar-refractivity contribution is 7.89. The van der Waals surface area contributed by atoms with E-state index in [1.807, 2.05) is 4.90 Å². The minimum atomic E-state index is -3.53. The monoisotopic (exact) mass is 396 g/mol. The van der Waals surface area contributed by atoms with E-state index in [2.05, 4.69) is 0 Å². The third kappa shape index (κ3) is 5.00. The molecule has 3 rings (SSSR count). The van der Waals surface area contributed by atoms with Crippen molar-refractivity contribution in [3.8, 4) is 5.75 Å². The topological polar surface area (TPSA) is 76.1 Å². The molecule has 0 N–H and O–H groups in total. The molecule has 0 radical (unpaired) electrons. The molecule has 2 heterocycles. The van der Waals surface area contributed by atoms with Gasteiger partial charge in [0.05, 0.1) is 18.1 Å². The van der Waals surface area contributed by atoms with Crippen molar-refractivity contribution in [3.05, 3.63) is 23.8 Å². The minimum Gasteiger partial charge on any atom is -0.483 e. The number of aryl methyl sites for hydroxylation is 1. The Labute approximate surface area is 161 Å². The van der Waals surface area contributed by atoms with Crippen LogP contribution in [0.15, 0.2) is 23.1 Å². The van der Waals surface area contributed by atoms with Crippen molar-refractivity contribution in [1.29, 1.82) is 0 Å². The maximum Gasteiger partial charge on any atom is 0.260 e. The van der Waals surface area contributed by atoms with Crippen LogP contribution >= 0.6 is 0 Å². The normalized spacial score (nSPS) is 19.5. The third-order valence-corrected chi connectivity index (χ3v) is 6.96. The van der Waals surface area contributed by atoms with Crippen LogP contribution < -0.4 is 4.74 Å². The van der Waals surface area contributed by atoms with Gasteiger partial charge in [-0.05, 0) is 43.5 Å². The Morgan fingerprint density at radius 1 is 1.07 bits per heavy atom. The first-order valence-electron chi connectivity index (χ1n) is 9.57. The van der Waals surface area contributed by atoms with E-state index in [1.54, 1.807) is 25.1 Å². The van der Waals surface area contributed by atoms with Gasteiger partial charge in [-0.1, -0.05) is 12.8 Å². The summed E-state index contributed by atoms with van der Waals surface area (Å²) >= 11 is 0. The molecule has 27 heavy (non-hydrogen) atoms. The number of amides is 1. The SMILES string of the molecule is Cc1cc(S(=O)(=O)N2CCOCC2)ccc1OCC(=O)N1CCCCCC1. The average molecular weight is 397 g/mol. The molecule has 1 aromatic rings. The molecule has 7 nitrogen and oxygen atoms in total. The van der Waals surface area contributed by atoms with Crippen LogP contribution in [0.5, 0.6) is 5.75 Å². The highest BCUT2D eigenvalue weighted by Gasteiger charge is 2.26. The summed E-state index contributed by atoms with van der Waals surface area (Å²) < 4.78 is 37.8.